The predicted octanol–water partition coefficient (Wildman–Crippen LogP) is 2.01. The fourth-order valence-electron chi connectivity index (χ4n) is 3.40. The molecule has 0 aliphatic rings. The van der Waals surface area contributed by atoms with Crippen LogP contribution in [-0.4, -0.2) is 42.3 Å². The molecule has 0 saturated carbocycles. The molecule has 0 unspecified atom stereocenters. The summed E-state index contributed by atoms with van der Waals surface area (Å²) in [6, 6.07) is 14.5. The van der Waals surface area contributed by atoms with Gasteiger partial charge in [-0.25, -0.2) is 4.79 Å². The molecular weight excluding hydrogens is 464 g/mol. The van der Waals surface area contributed by atoms with Gasteiger partial charge in [-0.05, 0) is 29.8 Å². The van der Waals surface area contributed by atoms with E-state index in [4.69, 9.17) is 10.5 Å². The number of hydrogen-bond acceptors (Lipinski definition) is 7. The molecule has 0 saturated heterocycles. The molecule has 3 aromatic rings. The number of aromatic amines is 1. The number of nitrogen functional groups attached to an aromatic ring is 1. The number of amides is 1. The molecule has 0 aliphatic carbocycles. The standard InChI is InChI=1S/C23H25F2N5O5/c1-34-12-11-30-20(26)19(21(32)28-23(30)33)29(13-15-5-3-2-4-6-15)14-18(31)27-16-7-9-17(10-8-16)35-22(24)25/h2-10,22H,11-14,26H2,1H3,(H,27,31)(H,28,32,33). The van der Waals surface area contributed by atoms with Gasteiger partial charge in [0, 0.05) is 19.3 Å². The lowest BCUT2D eigenvalue weighted by Crippen LogP contribution is -2.41. The Labute approximate surface area is 198 Å². The third-order valence-corrected chi connectivity index (χ3v) is 4.96. The maximum Gasteiger partial charge on any atom is 0.387 e. The van der Waals surface area contributed by atoms with E-state index in [2.05, 4.69) is 15.0 Å². The van der Waals surface area contributed by atoms with Crippen molar-refractivity contribution in [3.05, 3.63) is 81.0 Å². The van der Waals surface area contributed by atoms with Crippen molar-refractivity contribution in [2.75, 3.05) is 36.2 Å². The lowest BCUT2D eigenvalue weighted by atomic mass is 10.2. The number of H-pyrrole nitrogens is 1. The number of aromatic nitrogens is 2. The van der Waals surface area contributed by atoms with Crippen molar-refractivity contribution >= 4 is 23.1 Å². The van der Waals surface area contributed by atoms with E-state index in [-0.39, 0.29) is 43.5 Å². The van der Waals surface area contributed by atoms with Crippen LogP contribution < -0.4 is 31.9 Å². The van der Waals surface area contributed by atoms with Crippen molar-refractivity contribution in [2.45, 2.75) is 19.7 Å². The van der Waals surface area contributed by atoms with Gasteiger partial charge in [-0.2, -0.15) is 8.78 Å². The number of nitrogens with zero attached hydrogens (tertiary/aromatic N) is 2. The van der Waals surface area contributed by atoms with Gasteiger partial charge in [0.25, 0.3) is 5.56 Å². The van der Waals surface area contributed by atoms with E-state index in [9.17, 15) is 23.2 Å². The number of methoxy groups -OCH3 is 1. The highest BCUT2D eigenvalue weighted by Crippen LogP contribution is 2.21. The summed E-state index contributed by atoms with van der Waals surface area (Å²) in [4.78, 5) is 41.6. The van der Waals surface area contributed by atoms with Crippen LogP contribution in [0, 0.1) is 0 Å². The predicted molar refractivity (Wildman–Crippen MR) is 127 cm³/mol. The summed E-state index contributed by atoms with van der Waals surface area (Å²) < 4.78 is 35.1. The van der Waals surface area contributed by atoms with Gasteiger partial charge in [0.15, 0.2) is 0 Å². The van der Waals surface area contributed by atoms with E-state index >= 15 is 0 Å². The molecule has 1 aromatic heterocycles. The van der Waals surface area contributed by atoms with Crippen molar-refractivity contribution < 1.29 is 23.0 Å². The Hall–Kier alpha value is -4.19. The SMILES string of the molecule is COCCn1c(N)c(N(CC(=O)Nc2ccc(OC(F)F)cc2)Cc2ccccc2)c(=O)[nH]c1=O. The molecule has 1 amide bonds. The molecule has 35 heavy (non-hydrogen) atoms. The summed E-state index contributed by atoms with van der Waals surface area (Å²) in [6.45, 7) is -2.83. The van der Waals surface area contributed by atoms with E-state index < -0.39 is 23.8 Å². The van der Waals surface area contributed by atoms with E-state index in [1.807, 2.05) is 30.3 Å². The van der Waals surface area contributed by atoms with E-state index in [0.717, 1.165) is 10.1 Å². The Balaban J connectivity index is 1.89. The van der Waals surface area contributed by atoms with Crippen LogP contribution in [-0.2, 0) is 22.6 Å². The fraction of sp³-hybridized carbons (Fsp3) is 0.261. The molecule has 0 radical (unpaired) electrons. The third-order valence-electron chi connectivity index (χ3n) is 4.96. The third kappa shape index (κ3) is 6.90. The number of anilines is 3. The van der Waals surface area contributed by atoms with Gasteiger partial charge in [-0.1, -0.05) is 30.3 Å². The lowest BCUT2D eigenvalue weighted by molar-refractivity contribution is -0.115. The molecule has 1 heterocycles. The van der Waals surface area contributed by atoms with Gasteiger partial charge in [0.2, 0.25) is 5.91 Å². The van der Waals surface area contributed by atoms with Gasteiger partial charge in [0.05, 0.1) is 19.7 Å². The van der Waals surface area contributed by atoms with Gasteiger partial charge in [-0.3, -0.25) is 19.1 Å². The first-order valence-corrected chi connectivity index (χ1v) is 10.5. The summed E-state index contributed by atoms with van der Waals surface area (Å²) in [5.41, 5.74) is 5.86. The maximum absolute atomic E-state index is 12.8. The zero-order valence-electron chi connectivity index (χ0n) is 18.9. The minimum atomic E-state index is -2.96. The summed E-state index contributed by atoms with van der Waals surface area (Å²) >= 11 is 0. The largest absolute Gasteiger partial charge is 0.435 e. The first-order valence-electron chi connectivity index (χ1n) is 10.5. The molecule has 10 nitrogen and oxygen atoms in total. The zero-order chi connectivity index (χ0) is 25.4. The number of ether oxygens (including phenoxy) is 2. The number of nitrogens with two attached hydrogens (primary N) is 1. The highest BCUT2D eigenvalue weighted by molar-refractivity contribution is 5.94. The maximum atomic E-state index is 12.8. The zero-order valence-corrected chi connectivity index (χ0v) is 18.9. The van der Waals surface area contributed by atoms with Crippen LogP contribution in [0.2, 0.25) is 0 Å². The molecule has 186 valence electrons. The molecule has 2 aromatic carbocycles. The summed E-state index contributed by atoms with van der Waals surface area (Å²) in [6.07, 6.45) is 0. The average molecular weight is 489 g/mol. The Bertz CT molecular complexity index is 1250. The molecule has 12 heteroatoms. The van der Waals surface area contributed by atoms with Crippen LogP contribution in [0.5, 0.6) is 5.75 Å². The lowest BCUT2D eigenvalue weighted by Gasteiger charge is -2.26. The molecule has 0 fully saturated rings. The Morgan fingerprint density at radius 2 is 1.83 bits per heavy atom. The second kappa shape index (κ2) is 11.8. The van der Waals surface area contributed by atoms with Crippen molar-refractivity contribution in [3.8, 4) is 5.75 Å². The Morgan fingerprint density at radius 3 is 2.46 bits per heavy atom. The molecule has 0 spiro atoms. The van der Waals surface area contributed by atoms with Gasteiger partial charge < -0.3 is 25.4 Å². The molecule has 3 rings (SSSR count). The van der Waals surface area contributed by atoms with Crippen molar-refractivity contribution in [1.82, 2.24) is 9.55 Å². The van der Waals surface area contributed by atoms with Crippen LogP contribution in [0.1, 0.15) is 5.56 Å². The van der Waals surface area contributed by atoms with Crippen molar-refractivity contribution in [2.24, 2.45) is 0 Å². The summed E-state index contributed by atoms with van der Waals surface area (Å²) in [7, 11) is 1.46. The first kappa shape index (κ1) is 25.4. The number of nitrogens with one attached hydrogen (secondary N) is 2. The van der Waals surface area contributed by atoms with Crippen LogP contribution in [0.4, 0.5) is 26.0 Å². The minimum Gasteiger partial charge on any atom is -0.435 e. The number of carbonyl (C=O) groups is 1. The number of halogens is 2. The van der Waals surface area contributed by atoms with Gasteiger partial charge >= 0.3 is 12.3 Å². The van der Waals surface area contributed by atoms with Crippen LogP contribution in [0.3, 0.4) is 0 Å². The van der Waals surface area contributed by atoms with Gasteiger partial charge in [0.1, 0.15) is 17.3 Å². The number of carbonyl (C=O) groups excluding carboxylic acids is 1. The number of alkyl halides is 2. The van der Waals surface area contributed by atoms with E-state index in [0.29, 0.717) is 5.69 Å². The molecule has 0 atom stereocenters. The smallest absolute Gasteiger partial charge is 0.387 e. The van der Waals surface area contributed by atoms with Gasteiger partial charge in [-0.15, -0.1) is 0 Å². The van der Waals surface area contributed by atoms with Crippen molar-refractivity contribution in [1.29, 1.82) is 0 Å². The van der Waals surface area contributed by atoms with Crippen LogP contribution in [0.15, 0.2) is 64.2 Å². The molecule has 0 aliphatic heterocycles. The van der Waals surface area contributed by atoms with E-state index in [1.165, 1.54) is 36.3 Å². The second-order valence-corrected chi connectivity index (χ2v) is 7.43. The number of hydrogen-bond donors (Lipinski definition) is 3. The quantitative estimate of drug-likeness (QED) is 0.375. The highest BCUT2D eigenvalue weighted by atomic mass is 19.3. The van der Waals surface area contributed by atoms with Crippen molar-refractivity contribution in [3.63, 3.8) is 0 Å². The second-order valence-electron chi connectivity index (χ2n) is 7.43. The molecule has 0 bridgehead atoms. The Morgan fingerprint density at radius 1 is 1.14 bits per heavy atom. The highest BCUT2D eigenvalue weighted by Gasteiger charge is 2.21. The summed E-state index contributed by atoms with van der Waals surface area (Å²) in [5, 5.41) is 2.64. The summed E-state index contributed by atoms with van der Waals surface area (Å²) in [5.74, 6) is -0.661. The molecular formula is C23H25F2N5O5. The molecule has 4 N–H and O–H groups in total. The minimum absolute atomic E-state index is 0.0413. The average Bonchev–Trinajstić information content (AvgIpc) is 2.80. The fourth-order valence-corrected chi connectivity index (χ4v) is 3.40. The number of benzene rings is 2. The Kier molecular flexibility index (Phi) is 8.57. The van der Waals surface area contributed by atoms with Crippen LogP contribution in [0.25, 0.3) is 0 Å². The number of rotatable bonds is 11. The monoisotopic (exact) mass is 489 g/mol. The first-order chi connectivity index (χ1) is 16.8. The topological polar surface area (TPSA) is 132 Å². The van der Waals surface area contributed by atoms with E-state index in [1.54, 1.807) is 0 Å². The van der Waals surface area contributed by atoms with Crippen LogP contribution >= 0.6 is 0 Å². The normalized spacial score (nSPS) is 10.9.